The van der Waals surface area contributed by atoms with Crippen molar-refractivity contribution >= 4 is 28.3 Å². The molecule has 1 N–H and O–H groups in total. The number of aliphatic imine (C=N–C) groups is 1. The Bertz CT molecular complexity index is 497. The third-order valence-electron chi connectivity index (χ3n) is 4.12. The van der Waals surface area contributed by atoms with Crippen LogP contribution < -0.4 is 10.2 Å². The van der Waals surface area contributed by atoms with E-state index in [1.165, 1.54) is 5.69 Å². The fourth-order valence-corrected chi connectivity index (χ4v) is 3.60. The summed E-state index contributed by atoms with van der Waals surface area (Å²) in [5.41, 5.74) is 2.38. The Morgan fingerprint density at radius 3 is 2.57 bits per heavy atom. The van der Waals surface area contributed by atoms with E-state index in [1.807, 2.05) is 11.8 Å². The molecule has 1 aromatic carbocycles. The van der Waals surface area contributed by atoms with Crippen LogP contribution in [-0.4, -0.2) is 43.3 Å². The number of nitrogens with one attached hydrogen (secondary N) is 1. The molecule has 0 radical (unpaired) electrons. The topological polar surface area (TPSA) is 36.9 Å². The Morgan fingerprint density at radius 1 is 1.19 bits per heavy atom. The molecule has 5 heteroatoms. The Kier molecular flexibility index (Phi) is 4.70. The lowest BCUT2D eigenvalue weighted by molar-refractivity contribution is 0.122. The lowest BCUT2D eigenvalue weighted by Crippen LogP contribution is -2.36. The maximum Gasteiger partial charge on any atom is 0.161 e. The number of nitrogens with zero attached hydrogens (tertiary/aromatic N) is 2. The number of hydrogen-bond acceptors (Lipinski definition) is 5. The predicted molar refractivity (Wildman–Crippen MR) is 91.6 cm³/mol. The van der Waals surface area contributed by atoms with E-state index in [9.17, 15) is 0 Å². The normalized spacial score (nSPS) is 26.4. The van der Waals surface area contributed by atoms with Gasteiger partial charge in [0.2, 0.25) is 0 Å². The molecule has 0 bridgehead atoms. The highest BCUT2D eigenvalue weighted by molar-refractivity contribution is 8.14. The molecule has 0 saturated carbocycles. The monoisotopic (exact) mass is 305 g/mol. The van der Waals surface area contributed by atoms with Gasteiger partial charge >= 0.3 is 0 Å². The standard InChI is InChI=1S/C16H23N3OS/c1-12-11-21-16(17-13(12)2)18-14-3-5-15(6-4-14)19-7-9-20-10-8-19/h3-6,12-13H,7-11H2,1-2H3,(H,17,18). The molecule has 4 nitrogen and oxygen atoms in total. The summed E-state index contributed by atoms with van der Waals surface area (Å²) in [6.45, 7) is 8.05. The molecule has 2 aliphatic rings. The van der Waals surface area contributed by atoms with Crippen LogP contribution in [0.2, 0.25) is 0 Å². The molecule has 0 aliphatic carbocycles. The zero-order valence-corrected chi connectivity index (χ0v) is 13.5. The second-order valence-electron chi connectivity index (χ2n) is 5.73. The van der Waals surface area contributed by atoms with Gasteiger partial charge in [0.05, 0.1) is 19.3 Å². The van der Waals surface area contributed by atoms with E-state index in [0.29, 0.717) is 12.0 Å². The minimum absolute atomic E-state index is 0.404. The maximum absolute atomic E-state index is 5.39. The van der Waals surface area contributed by atoms with Gasteiger partial charge in [-0.05, 0) is 37.1 Å². The summed E-state index contributed by atoms with van der Waals surface area (Å²) in [6, 6.07) is 9.02. The van der Waals surface area contributed by atoms with E-state index >= 15 is 0 Å². The molecule has 2 aliphatic heterocycles. The van der Waals surface area contributed by atoms with Crippen molar-refractivity contribution in [1.82, 2.24) is 0 Å². The summed E-state index contributed by atoms with van der Waals surface area (Å²) in [6.07, 6.45) is 0. The number of amidine groups is 1. The number of ether oxygens (including phenoxy) is 1. The van der Waals surface area contributed by atoms with Crippen LogP contribution in [0.15, 0.2) is 29.3 Å². The van der Waals surface area contributed by atoms with Crippen LogP contribution >= 0.6 is 11.8 Å². The minimum Gasteiger partial charge on any atom is -0.378 e. The number of thioether (sulfide) groups is 1. The Hall–Kier alpha value is -1.20. The molecule has 21 heavy (non-hydrogen) atoms. The fraction of sp³-hybridized carbons (Fsp3) is 0.562. The molecule has 114 valence electrons. The molecule has 2 unspecified atom stereocenters. The Morgan fingerprint density at radius 2 is 1.90 bits per heavy atom. The zero-order valence-electron chi connectivity index (χ0n) is 12.7. The molecule has 2 heterocycles. The van der Waals surface area contributed by atoms with Gasteiger partial charge in [0.1, 0.15) is 0 Å². The van der Waals surface area contributed by atoms with Gasteiger partial charge in [-0.15, -0.1) is 0 Å². The van der Waals surface area contributed by atoms with Gasteiger partial charge in [-0.25, -0.2) is 0 Å². The average Bonchev–Trinajstić information content (AvgIpc) is 2.53. The lowest BCUT2D eigenvalue weighted by Gasteiger charge is -2.29. The van der Waals surface area contributed by atoms with E-state index in [4.69, 9.17) is 9.73 Å². The highest BCUT2D eigenvalue weighted by Crippen LogP contribution is 2.25. The van der Waals surface area contributed by atoms with E-state index < -0.39 is 0 Å². The van der Waals surface area contributed by atoms with E-state index in [0.717, 1.165) is 42.9 Å². The number of hydrogen-bond donors (Lipinski definition) is 1. The van der Waals surface area contributed by atoms with Gasteiger partial charge < -0.3 is 15.0 Å². The fourth-order valence-electron chi connectivity index (χ4n) is 2.47. The minimum atomic E-state index is 0.404. The molecule has 1 aromatic rings. The van der Waals surface area contributed by atoms with Crippen LogP contribution in [0.1, 0.15) is 13.8 Å². The first-order valence-electron chi connectivity index (χ1n) is 7.63. The summed E-state index contributed by atoms with van der Waals surface area (Å²) < 4.78 is 5.39. The SMILES string of the molecule is CC1CSC(Nc2ccc(N3CCOCC3)cc2)=NC1C. The van der Waals surface area contributed by atoms with E-state index in [-0.39, 0.29) is 0 Å². The Labute approximate surface area is 131 Å². The van der Waals surface area contributed by atoms with Crippen LogP contribution in [0, 0.1) is 5.92 Å². The molecular formula is C16H23N3OS. The van der Waals surface area contributed by atoms with Gasteiger partial charge in [0.25, 0.3) is 0 Å². The van der Waals surface area contributed by atoms with Crippen LogP contribution in [0.3, 0.4) is 0 Å². The van der Waals surface area contributed by atoms with Crippen molar-refractivity contribution in [3.05, 3.63) is 24.3 Å². The summed E-state index contributed by atoms with van der Waals surface area (Å²) in [5, 5.41) is 4.47. The molecule has 0 amide bonds. The third kappa shape index (κ3) is 3.71. The van der Waals surface area contributed by atoms with Gasteiger partial charge in [-0.2, -0.15) is 0 Å². The van der Waals surface area contributed by atoms with Crippen LogP contribution in [0.25, 0.3) is 0 Å². The molecule has 0 spiro atoms. The molecule has 0 aromatic heterocycles. The van der Waals surface area contributed by atoms with Crippen molar-refractivity contribution in [1.29, 1.82) is 0 Å². The zero-order chi connectivity index (χ0) is 14.7. The summed E-state index contributed by atoms with van der Waals surface area (Å²) >= 11 is 1.81. The van der Waals surface area contributed by atoms with Crippen LogP contribution in [-0.2, 0) is 4.74 Å². The molecule has 3 rings (SSSR count). The first-order valence-corrected chi connectivity index (χ1v) is 8.61. The quantitative estimate of drug-likeness (QED) is 0.911. The summed E-state index contributed by atoms with van der Waals surface area (Å²) in [5.74, 6) is 1.79. The van der Waals surface area contributed by atoms with Crippen molar-refractivity contribution in [2.75, 3.05) is 42.3 Å². The van der Waals surface area contributed by atoms with Crippen LogP contribution in [0.4, 0.5) is 11.4 Å². The average molecular weight is 305 g/mol. The van der Waals surface area contributed by atoms with Crippen molar-refractivity contribution in [2.24, 2.45) is 10.9 Å². The van der Waals surface area contributed by atoms with Gasteiger partial charge in [0, 0.05) is 30.2 Å². The van der Waals surface area contributed by atoms with Gasteiger partial charge in [-0.3, -0.25) is 4.99 Å². The van der Waals surface area contributed by atoms with Crippen molar-refractivity contribution in [3.63, 3.8) is 0 Å². The number of rotatable bonds is 2. The predicted octanol–water partition coefficient (Wildman–Crippen LogP) is 3.06. The molecule has 2 atom stereocenters. The first kappa shape index (κ1) is 14.7. The van der Waals surface area contributed by atoms with E-state index in [1.54, 1.807) is 0 Å². The molecule has 1 fully saturated rings. The van der Waals surface area contributed by atoms with Crippen molar-refractivity contribution in [3.8, 4) is 0 Å². The number of anilines is 2. The molecular weight excluding hydrogens is 282 g/mol. The second kappa shape index (κ2) is 6.71. The Balaban J connectivity index is 1.63. The number of benzene rings is 1. The van der Waals surface area contributed by atoms with Crippen LogP contribution in [0.5, 0.6) is 0 Å². The number of morpholine rings is 1. The van der Waals surface area contributed by atoms with Gasteiger partial charge in [-0.1, -0.05) is 18.7 Å². The summed E-state index contributed by atoms with van der Waals surface area (Å²) in [7, 11) is 0. The van der Waals surface area contributed by atoms with Gasteiger partial charge in [0.15, 0.2) is 5.17 Å². The maximum atomic E-state index is 5.39. The smallest absolute Gasteiger partial charge is 0.161 e. The second-order valence-corrected chi connectivity index (χ2v) is 6.74. The summed E-state index contributed by atoms with van der Waals surface area (Å²) in [4.78, 5) is 7.08. The molecule has 1 saturated heterocycles. The van der Waals surface area contributed by atoms with Crippen molar-refractivity contribution in [2.45, 2.75) is 19.9 Å². The van der Waals surface area contributed by atoms with Crippen molar-refractivity contribution < 1.29 is 4.74 Å². The largest absolute Gasteiger partial charge is 0.378 e. The highest BCUT2D eigenvalue weighted by Gasteiger charge is 2.19. The first-order chi connectivity index (χ1) is 10.2. The lowest BCUT2D eigenvalue weighted by atomic mass is 10.1. The van der Waals surface area contributed by atoms with E-state index in [2.05, 4.69) is 48.3 Å². The highest BCUT2D eigenvalue weighted by atomic mass is 32.2. The third-order valence-corrected chi connectivity index (χ3v) is 5.30.